The molecule has 0 aromatic carbocycles. The summed E-state index contributed by atoms with van der Waals surface area (Å²) in [5, 5.41) is 4.13. The zero-order valence-electron chi connectivity index (χ0n) is 16.8. The van der Waals surface area contributed by atoms with Crippen molar-refractivity contribution in [1.29, 1.82) is 0 Å². The van der Waals surface area contributed by atoms with Crippen LogP contribution in [0.1, 0.15) is 19.2 Å². The van der Waals surface area contributed by atoms with E-state index in [9.17, 15) is 9.59 Å². The van der Waals surface area contributed by atoms with Gasteiger partial charge in [0.15, 0.2) is 0 Å². The number of ether oxygens (including phenoxy) is 1. The molecule has 2 amide bonds. The normalized spacial score (nSPS) is 21.8. The Bertz CT molecular complexity index is 833. The number of carbonyl (C=O) groups excluding carboxylic acids is 2. The molecule has 4 heterocycles. The molecule has 2 fully saturated rings. The fourth-order valence-corrected chi connectivity index (χ4v) is 4.21. The third kappa shape index (κ3) is 4.50. The van der Waals surface area contributed by atoms with E-state index in [0.717, 1.165) is 12.2 Å². The zero-order chi connectivity index (χ0) is 20.2. The van der Waals surface area contributed by atoms with Crippen molar-refractivity contribution in [1.82, 2.24) is 29.1 Å². The molecule has 2 atom stereocenters. The van der Waals surface area contributed by atoms with Gasteiger partial charge < -0.3 is 19.1 Å². The maximum Gasteiger partial charge on any atom is 0.244 e. The van der Waals surface area contributed by atoms with Gasteiger partial charge >= 0.3 is 0 Å². The number of nitrogens with zero attached hydrogens (tertiary/aromatic N) is 6. The Labute approximate surface area is 170 Å². The quantitative estimate of drug-likeness (QED) is 0.702. The molecule has 0 aliphatic carbocycles. The number of carbonyl (C=O) groups is 2. The smallest absolute Gasteiger partial charge is 0.244 e. The molecule has 0 unspecified atom stereocenters. The van der Waals surface area contributed by atoms with Crippen LogP contribution < -0.4 is 0 Å². The van der Waals surface area contributed by atoms with Gasteiger partial charge in [0, 0.05) is 69.7 Å². The third-order valence-electron chi connectivity index (χ3n) is 5.68. The van der Waals surface area contributed by atoms with Gasteiger partial charge in [-0.1, -0.05) is 6.92 Å². The highest BCUT2D eigenvalue weighted by molar-refractivity contribution is 5.78. The Kier molecular flexibility index (Phi) is 5.94. The maximum atomic E-state index is 12.9. The largest absolute Gasteiger partial charge is 0.379 e. The lowest BCUT2D eigenvalue weighted by atomic mass is 10.1. The van der Waals surface area contributed by atoms with Crippen LogP contribution in [-0.4, -0.2) is 79.8 Å². The van der Waals surface area contributed by atoms with Crippen molar-refractivity contribution in [2.24, 2.45) is 5.92 Å². The van der Waals surface area contributed by atoms with Crippen LogP contribution in [0.5, 0.6) is 0 Å². The monoisotopic (exact) mass is 400 g/mol. The standard InChI is InChI=1S/C20H28N6O3/c1-2-18-21-6-9-23(18)8-4-19(27)24-10-16-11-26(17(12-24)15-29-14-16)20(28)13-25-7-3-5-22-25/h3,5-7,9,16-17H,2,4,8,10-15H2,1H3/t16-,17-/m0/s1. The summed E-state index contributed by atoms with van der Waals surface area (Å²) in [6.07, 6.45) is 8.44. The number of fused-ring (bicyclic) bond motifs is 3. The van der Waals surface area contributed by atoms with Gasteiger partial charge in [0.2, 0.25) is 11.8 Å². The van der Waals surface area contributed by atoms with Crippen LogP contribution in [0, 0.1) is 5.92 Å². The highest BCUT2D eigenvalue weighted by Crippen LogP contribution is 2.21. The van der Waals surface area contributed by atoms with Crippen molar-refractivity contribution in [3.05, 3.63) is 36.7 Å². The summed E-state index contributed by atoms with van der Waals surface area (Å²) in [5.74, 6) is 1.27. The molecule has 2 bridgehead atoms. The third-order valence-corrected chi connectivity index (χ3v) is 5.68. The Morgan fingerprint density at radius 3 is 2.83 bits per heavy atom. The topological polar surface area (TPSA) is 85.5 Å². The highest BCUT2D eigenvalue weighted by Gasteiger charge is 2.37. The van der Waals surface area contributed by atoms with E-state index in [0.29, 0.717) is 45.8 Å². The van der Waals surface area contributed by atoms with E-state index in [1.54, 1.807) is 23.3 Å². The van der Waals surface area contributed by atoms with Crippen molar-refractivity contribution in [3.63, 3.8) is 0 Å². The number of rotatable bonds is 6. The van der Waals surface area contributed by atoms with E-state index in [2.05, 4.69) is 17.0 Å². The highest BCUT2D eigenvalue weighted by atomic mass is 16.5. The molecule has 2 saturated heterocycles. The van der Waals surface area contributed by atoms with Crippen molar-refractivity contribution in [2.75, 3.05) is 32.8 Å². The Hall–Kier alpha value is -2.68. The van der Waals surface area contributed by atoms with Gasteiger partial charge in [0.05, 0.1) is 19.3 Å². The van der Waals surface area contributed by atoms with Crippen LogP contribution in [0.3, 0.4) is 0 Å². The van der Waals surface area contributed by atoms with Crippen molar-refractivity contribution < 1.29 is 14.3 Å². The van der Waals surface area contributed by atoms with Crippen LogP contribution >= 0.6 is 0 Å². The second-order valence-corrected chi connectivity index (χ2v) is 7.75. The summed E-state index contributed by atoms with van der Waals surface area (Å²) in [7, 11) is 0. The average molecular weight is 400 g/mol. The van der Waals surface area contributed by atoms with Gasteiger partial charge in [0.1, 0.15) is 12.4 Å². The number of imidazole rings is 1. The van der Waals surface area contributed by atoms with Gasteiger partial charge in [-0.15, -0.1) is 0 Å². The fraction of sp³-hybridized carbons (Fsp3) is 0.600. The van der Waals surface area contributed by atoms with E-state index in [1.807, 2.05) is 26.6 Å². The molecule has 9 nitrogen and oxygen atoms in total. The minimum atomic E-state index is -0.117. The fourth-order valence-electron chi connectivity index (χ4n) is 4.21. The lowest BCUT2D eigenvalue weighted by Gasteiger charge is -2.31. The number of aryl methyl sites for hydroxylation is 2. The molecule has 0 spiro atoms. The molecule has 0 N–H and O–H groups in total. The second kappa shape index (κ2) is 8.77. The average Bonchev–Trinajstić information content (AvgIpc) is 3.29. The Balaban J connectivity index is 1.40. The number of amides is 2. The summed E-state index contributed by atoms with van der Waals surface area (Å²) in [4.78, 5) is 33.9. The van der Waals surface area contributed by atoms with Crippen LogP contribution in [0.4, 0.5) is 0 Å². The van der Waals surface area contributed by atoms with Crippen molar-refractivity contribution >= 4 is 11.8 Å². The molecule has 2 aromatic heterocycles. The summed E-state index contributed by atoms with van der Waals surface area (Å²) < 4.78 is 9.47. The van der Waals surface area contributed by atoms with Crippen LogP contribution in [0.2, 0.25) is 0 Å². The molecule has 0 saturated carbocycles. The first-order chi connectivity index (χ1) is 14.1. The van der Waals surface area contributed by atoms with Crippen molar-refractivity contribution in [2.45, 2.75) is 38.9 Å². The zero-order valence-corrected chi connectivity index (χ0v) is 16.8. The van der Waals surface area contributed by atoms with Crippen LogP contribution in [0.25, 0.3) is 0 Å². The van der Waals surface area contributed by atoms with Gasteiger partial charge in [-0.2, -0.15) is 5.10 Å². The minimum absolute atomic E-state index is 0.0227. The first-order valence-corrected chi connectivity index (χ1v) is 10.3. The number of hydrogen-bond donors (Lipinski definition) is 0. The van der Waals surface area contributed by atoms with E-state index in [-0.39, 0.29) is 30.3 Å². The van der Waals surface area contributed by atoms with Gasteiger partial charge in [-0.05, 0) is 6.07 Å². The SMILES string of the molecule is CCc1nccn1CCC(=O)N1C[C@@H]2COC[C@H](C1)N(C(=O)Cn1cccn1)C2. The molecular weight excluding hydrogens is 372 g/mol. The molecule has 4 rings (SSSR count). The predicted octanol–water partition coefficient (Wildman–Crippen LogP) is 0.418. The van der Waals surface area contributed by atoms with E-state index in [1.165, 1.54) is 0 Å². The van der Waals surface area contributed by atoms with E-state index < -0.39 is 0 Å². The summed E-state index contributed by atoms with van der Waals surface area (Å²) >= 11 is 0. The van der Waals surface area contributed by atoms with Gasteiger partial charge in [0.25, 0.3) is 0 Å². The molecule has 2 aromatic rings. The molecule has 2 aliphatic rings. The summed E-state index contributed by atoms with van der Waals surface area (Å²) in [6.45, 7) is 5.72. The van der Waals surface area contributed by atoms with Crippen LogP contribution in [0.15, 0.2) is 30.9 Å². The number of hydrogen-bond acceptors (Lipinski definition) is 5. The van der Waals surface area contributed by atoms with Gasteiger partial charge in [-0.3, -0.25) is 14.3 Å². The maximum absolute atomic E-state index is 12.9. The molecule has 156 valence electrons. The lowest BCUT2D eigenvalue weighted by molar-refractivity contribution is -0.137. The first kappa shape index (κ1) is 19.6. The summed E-state index contributed by atoms with van der Waals surface area (Å²) in [5.41, 5.74) is 0. The van der Waals surface area contributed by atoms with Gasteiger partial charge in [-0.25, -0.2) is 4.98 Å². The predicted molar refractivity (Wildman–Crippen MR) is 105 cm³/mol. The molecule has 9 heteroatoms. The minimum Gasteiger partial charge on any atom is -0.379 e. The molecular formula is C20H28N6O3. The first-order valence-electron chi connectivity index (χ1n) is 10.3. The van der Waals surface area contributed by atoms with Crippen molar-refractivity contribution in [3.8, 4) is 0 Å². The van der Waals surface area contributed by atoms with E-state index in [4.69, 9.17) is 4.74 Å². The molecule has 29 heavy (non-hydrogen) atoms. The molecule has 0 radical (unpaired) electrons. The second-order valence-electron chi connectivity index (χ2n) is 7.75. The lowest BCUT2D eigenvalue weighted by Crippen LogP contribution is -2.48. The Morgan fingerprint density at radius 1 is 1.14 bits per heavy atom. The summed E-state index contributed by atoms with van der Waals surface area (Å²) in [6, 6.07) is 1.69. The number of aromatic nitrogens is 4. The van der Waals surface area contributed by atoms with Crippen LogP contribution in [-0.2, 0) is 33.8 Å². The molecule has 2 aliphatic heterocycles. The Morgan fingerprint density at radius 2 is 2.03 bits per heavy atom. The van der Waals surface area contributed by atoms with E-state index >= 15 is 0 Å².